The third kappa shape index (κ3) is 1.54. The van der Waals surface area contributed by atoms with E-state index < -0.39 is 11.8 Å². The molecule has 2 heterocycles. The fraction of sp³-hybridized carbons (Fsp3) is 0.333. The smallest absolute Gasteiger partial charge is 0.229 e. The lowest BCUT2D eigenvalue weighted by Crippen LogP contribution is -2.04. The van der Waals surface area contributed by atoms with Gasteiger partial charge in [-0.1, -0.05) is 0 Å². The summed E-state index contributed by atoms with van der Waals surface area (Å²) in [5, 5.41) is 0.120. The maximum Gasteiger partial charge on any atom is 0.229 e. The summed E-state index contributed by atoms with van der Waals surface area (Å²) in [6.07, 6.45) is 1.48. The highest BCUT2D eigenvalue weighted by Gasteiger charge is 2.13. The largest absolute Gasteiger partial charge is 0.320 e. The first kappa shape index (κ1) is 10.2. The van der Waals surface area contributed by atoms with Gasteiger partial charge in [0.05, 0.1) is 5.39 Å². The van der Waals surface area contributed by atoms with Crippen LogP contribution in [0.1, 0.15) is 19.9 Å². The second-order valence-electron chi connectivity index (χ2n) is 3.54. The van der Waals surface area contributed by atoms with Crippen molar-refractivity contribution >= 4 is 23.3 Å². The maximum absolute atomic E-state index is 13.2. The van der Waals surface area contributed by atoms with E-state index >= 15 is 0 Å². The van der Waals surface area contributed by atoms with Gasteiger partial charge in [-0.05, 0) is 26.1 Å². The average molecular weight is 229 g/mol. The van der Waals surface area contributed by atoms with E-state index in [4.69, 9.17) is 12.2 Å². The molecule has 1 N–H and O–H groups in total. The summed E-state index contributed by atoms with van der Waals surface area (Å²) >= 11 is 5.00. The second-order valence-corrected chi connectivity index (χ2v) is 3.90. The maximum atomic E-state index is 13.2. The Bertz CT molecular complexity index is 570. The van der Waals surface area contributed by atoms with Gasteiger partial charge in [0.25, 0.3) is 0 Å². The van der Waals surface area contributed by atoms with Crippen molar-refractivity contribution in [2.45, 2.75) is 19.9 Å². The van der Waals surface area contributed by atoms with Crippen molar-refractivity contribution < 1.29 is 8.78 Å². The minimum absolute atomic E-state index is 0.0618. The molecule has 0 unspecified atom stereocenters. The fourth-order valence-corrected chi connectivity index (χ4v) is 1.73. The minimum Gasteiger partial charge on any atom is -0.320 e. The minimum atomic E-state index is -1.01. The van der Waals surface area contributed by atoms with E-state index in [1.165, 1.54) is 6.20 Å². The first-order chi connectivity index (χ1) is 7.00. The van der Waals surface area contributed by atoms with Gasteiger partial charge in [-0.25, -0.2) is 9.37 Å². The topological polar surface area (TPSA) is 33.6 Å². The summed E-state index contributed by atoms with van der Waals surface area (Å²) in [5.74, 6) is -1.92. The van der Waals surface area contributed by atoms with Crippen LogP contribution in [0.5, 0.6) is 0 Å². The number of aromatic amines is 1. The van der Waals surface area contributed by atoms with Crippen LogP contribution in [0.4, 0.5) is 8.78 Å². The van der Waals surface area contributed by atoms with E-state index in [1.54, 1.807) is 4.57 Å². The SMILES string of the molecule is CC(C)n1cc2c(F)c(F)[nH]c2nc1=S. The number of H-pyrrole nitrogens is 1. The zero-order valence-corrected chi connectivity index (χ0v) is 9.03. The summed E-state index contributed by atoms with van der Waals surface area (Å²) in [5.41, 5.74) is 0.145. The third-order valence-electron chi connectivity index (χ3n) is 2.17. The van der Waals surface area contributed by atoms with Gasteiger partial charge in [-0.15, -0.1) is 0 Å². The van der Waals surface area contributed by atoms with E-state index in [1.807, 2.05) is 13.8 Å². The molecule has 0 aromatic carbocycles. The number of halogens is 2. The fourth-order valence-electron chi connectivity index (χ4n) is 1.37. The number of hydrogen-bond acceptors (Lipinski definition) is 2. The number of hydrogen-bond donors (Lipinski definition) is 1. The molecule has 0 atom stereocenters. The van der Waals surface area contributed by atoms with Crippen molar-refractivity contribution in [1.29, 1.82) is 0 Å². The Morgan fingerprint density at radius 3 is 2.73 bits per heavy atom. The molecule has 0 aliphatic rings. The van der Waals surface area contributed by atoms with Gasteiger partial charge >= 0.3 is 0 Å². The Morgan fingerprint density at radius 2 is 2.13 bits per heavy atom. The van der Waals surface area contributed by atoms with Crippen LogP contribution in [0.3, 0.4) is 0 Å². The van der Waals surface area contributed by atoms with Crippen LogP contribution in [-0.4, -0.2) is 14.5 Å². The van der Waals surface area contributed by atoms with Gasteiger partial charge in [0.2, 0.25) is 10.7 Å². The van der Waals surface area contributed by atoms with Crippen LogP contribution in [0, 0.1) is 16.5 Å². The van der Waals surface area contributed by atoms with Crippen molar-refractivity contribution in [3.8, 4) is 0 Å². The van der Waals surface area contributed by atoms with Crippen LogP contribution in [-0.2, 0) is 0 Å². The van der Waals surface area contributed by atoms with E-state index in [-0.39, 0.29) is 17.1 Å². The first-order valence-electron chi connectivity index (χ1n) is 4.46. The van der Waals surface area contributed by atoms with Crippen LogP contribution in [0.2, 0.25) is 0 Å². The molecule has 0 fully saturated rings. The summed E-state index contributed by atoms with van der Waals surface area (Å²) in [4.78, 5) is 6.12. The Hall–Kier alpha value is -1.30. The lowest BCUT2D eigenvalue weighted by Gasteiger charge is -2.09. The van der Waals surface area contributed by atoms with Crippen molar-refractivity contribution in [1.82, 2.24) is 14.5 Å². The molecular formula is C9H9F2N3S. The monoisotopic (exact) mass is 229 g/mol. The molecule has 6 heteroatoms. The Balaban J connectivity index is 2.83. The Morgan fingerprint density at radius 1 is 1.47 bits per heavy atom. The molecule has 0 bridgehead atoms. The first-order valence-corrected chi connectivity index (χ1v) is 4.87. The van der Waals surface area contributed by atoms with E-state index in [0.29, 0.717) is 4.77 Å². The number of aromatic nitrogens is 3. The molecule has 0 saturated heterocycles. The molecule has 0 saturated carbocycles. The molecule has 0 spiro atoms. The summed E-state index contributed by atoms with van der Waals surface area (Å²) in [6, 6.07) is 0.0618. The van der Waals surface area contributed by atoms with Crippen molar-refractivity contribution in [2.75, 3.05) is 0 Å². The van der Waals surface area contributed by atoms with Crippen LogP contribution >= 0.6 is 12.2 Å². The lowest BCUT2D eigenvalue weighted by atomic mass is 10.3. The second kappa shape index (κ2) is 3.37. The molecule has 2 rings (SSSR count). The summed E-state index contributed by atoms with van der Waals surface area (Å²) in [6.45, 7) is 3.79. The van der Waals surface area contributed by atoms with Crippen LogP contribution < -0.4 is 0 Å². The molecule has 0 aliphatic heterocycles. The van der Waals surface area contributed by atoms with Crippen LogP contribution in [0.15, 0.2) is 6.20 Å². The summed E-state index contributed by atoms with van der Waals surface area (Å²) < 4.78 is 28.0. The predicted molar refractivity (Wildman–Crippen MR) is 55.2 cm³/mol. The van der Waals surface area contributed by atoms with Gasteiger partial charge < -0.3 is 9.55 Å². The van der Waals surface area contributed by atoms with E-state index in [9.17, 15) is 8.78 Å². The van der Waals surface area contributed by atoms with Crippen molar-refractivity contribution in [3.05, 3.63) is 22.7 Å². The Labute approximate surface area is 89.8 Å². The van der Waals surface area contributed by atoms with Gasteiger partial charge in [0.1, 0.15) is 5.65 Å². The number of nitrogens with one attached hydrogen (secondary N) is 1. The standard InChI is InChI=1S/C9H9F2N3S/c1-4(2)14-3-5-6(10)7(11)12-8(5)13-9(14)15/h3-4H,1-2H3,(H,12,13,15). The number of rotatable bonds is 1. The van der Waals surface area contributed by atoms with Crippen LogP contribution in [0.25, 0.3) is 11.0 Å². The normalized spacial score (nSPS) is 11.5. The van der Waals surface area contributed by atoms with Gasteiger partial charge in [-0.2, -0.15) is 4.39 Å². The van der Waals surface area contributed by atoms with Crippen molar-refractivity contribution in [2.24, 2.45) is 0 Å². The third-order valence-corrected chi connectivity index (χ3v) is 2.47. The average Bonchev–Trinajstić information content (AvgIpc) is 2.41. The highest BCUT2D eigenvalue weighted by Crippen LogP contribution is 2.19. The molecule has 3 nitrogen and oxygen atoms in total. The number of fused-ring (bicyclic) bond motifs is 1. The quantitative estimate of drug-likeness (QED) is 0.763. The molecular weight excluding hydrogens is 220 g/mol. The molecule has 15 heavy (non-hydrogen) atoms. The predicted octanol–water partition coefficient (Wildman–Crippen LogP) is 2.95. The molecule has 2 aromatic heterocycles. The van der Waals surface area contributed by atoms with Gasteiger partial charge in [-0.3, -0.25) is 0 Å². The Kier molecular flexibility index (Phi) is 2.30. The molecule has 80 valence electrons. The molecule has 0 radical (unpaired) electrons. The highest BCUT2D eigenvalue weighted by molar-refractivity contribution is 7.71. The van der Waals surface area contributed by atoms with E-state index in [2.05, 4.69) is 9.97 Å². The van der Waals surface area contributed by atoms with Gasteiger partial charge in [0.15, 0.2) is 5.82 Å². The van der Waals surface area contributed by atoms with E-state index in [0.717, 1.165) is 0 Å². The zero-order chi connectivity index (χ0) is 11.2. The lowest BCUT2D eigenvalue weighted by molar-refractivity contribution is 0.497. The molecule has 0 amide bonds. The zero-order valence-electron chi connectivity index (χ0n) is 8.21. The summed E-state index contributed by atoms with van der Waals surface area (Å²) in [7, 11) is 0. The molecule has 0 aliphatic carbocycles. The van der Waals surface area contributed by atoms with Crippen molar-refractivity contribution in [3.63, 3.8) is 0 Å². The number of nitrogens with zero attached hydrogens (tertiary/aromatic N) is 2. The van der Waals surface area contributed by atoms with Gasteiger partial charge in [0, 0.05) is 12.2 Å². The molecule has 2 aromatic rings. The highest BCUT2D eigenvalue weighted by atomic mass is 32.1.